The van der Waals surface area contributed by atoms with Crippen LogP contribution in [0.15, 0.2) is 57.9 Å². The van der Waals surface area contributed by atoms with E-state index in [4.69, 9.17) is 4.74 Å². The standard InChI is InChI=1S/C14H8Br2N2O/c15-11-3-1-10-6-12(4-2-9(10)5-11)19-14-13(16)7-17-8-18-14/h1-8H. The van der Waals surface area contributed by atoms with E-state index < -0.39 is 0 Å². The summed E-state index contributed by atoms with van der Waals surface area (Å²) in [6.07, 6.45) is 3.11. The Morgan fingerprint density at radius 1 is 0.947 bits per heavy atom. The highest BCUT2D eigenvalue weighted by Gasteiger charge is 2.04. The van der Waals surface area contributed by atoms with Gasteiger partial charge >= 0.3 is 0 Å². The monoisotopic (exact) mass is 378 g/mol. The van der Waals surface area contributed by atoms with E-state index in [1.54, 1.807) is 6.20 Å². The molecular formula is C14H8Br2N2O. The average Bonchev–Trinajstić information content (AvgIpc) is 2.41. The molecule has 0 saturated heterocycles. The van der Waals surface area contributed by atoms with Gasteiger partial charge in [-0.25, -0.2) is 9.97 Å². The molecule has 0 bridgehead atoms. The minimum Gasteiger partial charge on any atom is -0.438 e. The number of rotatable bonds is 2. The van der Waals surface area contributed by atoms with Crippen molar-refractivity contribution in [3.63, 3.8) is 0 Å². The van der Waals surface area contributed by atoms with Crippen LogP contribution in [-0.2, 0) is 0 Å². The third-order valence-electron chi connectivity index (χ3n) is 2.62. The second-order valence-electron chi connectivity index (χ2n) is 3.93. The molecule has 0 aliphatic carbocycles. The van der Waals surface area contributed by atoms with Crippen LogP contribution in [0.3, 0.4) is 0 Å². The van der Waals surface area contributed by atoms with E-state index in [2.05, 4.69) is 47.9 Å². The van der Waals surface area contributed by atoms with Gasteiger partial charge in [0.05, 0.1) is 4.47 Å². The lowest BCUT2D eigenvalue weighted by atomic mass is 10.1. The quantitative estimate of drug-likeness (QED) is 0.632. The van der Waals surface area contributed by atoms with Crippen LogP contribution in [0.25, 0.3) is 10.8 Å². The van der Waals surface area contributed by atoms with Gasteiger partial charge in [0.15, 0.2) is 0 Å². The van der Waals surface area contributed by atoms with Crippen molar-refractivity contribution in [1.29, 1.82) is 0 Å². The lowest BCUT2D eigenvalue weighted by Crippen LogP contribution is -1.90. The predicted octanol–water partition coefficient (Wildman–Crippen LogP) is 4.95. The average molecular weight is 380 g/mol. The Labute approximate surface area is 126 Å². The van der Waals surface area contributed by atoms with E-state index in [9.17, 15) is 0 Å². The number of halogens is 2. The zero-order valence-electron chi connectivity index (χ0n) is 9.68. The zero-order chi connectivity index (χ0) is 13.2. The van der Waals surface area contributed by atoms with Crippen molar-refractivity contribution in [3.8, 4) is 11.6 Å². The largest absolute Gasteiger partial charge is 0.438 e. The lowest BCUT2D eigenvalue weighted by molar-refractivity contribution is 0.458. The van der Waals surface area contributed by atoms with Crippen LogP contribution in [-0.4, -0.2) is 9.97 Å². The van der Waals surface area contributed by atoms with Crippen LogP contribution in [0.2, 0.25) is 0 Å². The molecule has 0 aliphatic rings. The number of nitrogens with zero attached hydrogens (tertiary/aromatic N) is 2. The molecule has 0 unspecified atom stereocenters. The van der Waals surface area contributed by atoms with Crippen LogP contribution in [0.4, 0.5) is 0 Å². The molecule has 0 fully saturated rings. The first-order valence-corrected chi connectivity index (χ1v) is 7.14. The zero-order valence-corrected chi connectivity index (χ0v) is 12.8. The maximum atomic E-state index is 5.74. The van der Waals surface area contributed by atoms with Gasteiger partial charge in [0.1, 0.15) is 12.1 Å². The fourth-order valence-electron chi connectivity index (χ4n) is 1.75. The van der Waals surface area contributed by atoms with E-state index >= 15 is 0 Å². The Kier molecular flexibility index (Phi) is 3.48. The summed E-state index contributed by atoms with van der Waals surface area (Å²) >= 11 is 6.82. The minimum atomic E-state index is 0.506. The van der Waals surface area contributed by atoms with Crippen molar-refractivity contribution >= 4 is 42.6 Å². The molecule has 3 nitrogen and oxygen atoms in total. The first kappa shape index (κ1) is 12.6. The number of aromatic nitrogens is 2. The second-order valence-corrected chi connectivity index (χ2v) is 5.70. The van der Waals surface area contributed by atoms with Gasteiger partial charge in [0, 0.05) is 10.7 Å². The summed E-state index contributed by atoms with van der Waals surface area (Å²) in [6, 6.07) is 12.0. The second kappa shape index (κ2) is 5.27. The van der Waals surface area contributed by atoms with Gasteiger partial charge < -0.3 is 4.74 Å². The van der Waals surface area contributed by atoms with E-state index in [0.717, 1.165) is 25.5 Å². The third kappa shape index (κ3) is 2.77. The fraction of sp³-hybridized carbons (Fsp3) is 0. The van der Waals surface area contributed by atoms with Gasteiger partial charge in [-0.1, -0.05) is 28.1 Å². The highest BCUT2D eigenvalue weighted by atomic mass is 79.9. The van der Waals surface area contributed by atoms with E-state index in [1.165, 1.54) is 6.33 Å². The van der Waals surface area contributed by atoms with Crippen LogP contribution < -0.4 is 4.74 Å². The van der Waals surface area contributed by atoms with Crippen molar-refractivity contribution in [2.45, 2.75) is 0 Å². The topological polar surface area (TPSA) is 35.0 Å². The Morgan fingerprint density at radius 2 is 1.74 bits per heavy atom. The molecule has 5 heteroatoms. The first-order valence-electron chi connectivity index (χ1n) is 5.55. The van der Waals surface area contributed by atoms with Crippen molar-refractivity contribution in [2.75, 3.05) is 0 Å². The van der Waals surface area contributed by atoms with Crippen LogP contribution in [0.1, 0.15) is 0 Å². The highest BCUT2D eigenvalue weighted by Crippen LogP contribution is 2.29. The summed E-state index contributed by atoms with van der Waals surface area (Å²) in [6.45, 7) is 0. The Morgan fingerprint density at radius 3 is 2.58 bits per heavy atom. The molecule has 0 aliphatic heterocycles. The van der Waals surface area contributed by atoms with Gasteiger partial charge in [-0.15, -0.1) is 0 Å². The molecule has 0 atom stereocenters. The molecule has 1 heterocycles. The molecule has 0 amide bonds. The summed E-state index contributed by atoms with van der Waals surface area (Å²) in [5, 5.41) is 2.27. The van der Waals surface area contributed by atoms with E-state index in [0.29, 0.717) is 5.88 Å². The summed E-state index contributed by atoms with van der Waals surface area (Å²) in [4.78, 5) is 7.98. The van der Waals surface area contributed by atoms with Crippen molar-refractivity contribution < 1.29 is 4.74 Å². The maximum absolute atomic E-state index is 5.74. The number of benzene rings is 2. The molecule has 2 aromatic carbocycles. The smallest absolute Gasteiger partial charge is 0.236 e. The Bertz CT molecular complexity index is 746. The number of hydrogen-bond donors (Lipinski definition) is 0. The number of ether oxygens (including phenoxy) is 1. The molecule has 0 spiro atoms. The third-order valence-corrected chi connectivity index (χ3v) is 3.66. The number of hydrogen-bond acceptors (Lipinski definition) is 3. The lowest BCUT2D eigenvalue weighted by Gasteiger charge is -2.07. The molecular weight excluding hydrogens is 372 g/mol. The summed E-state index contributed by atoms with van der Waals surface area (Å²) in [5.74, 6) is 1.25. The van der Waals surface area contributed by atoms with Crippen LogP contribution in [0, 0.1) is 0 Å². The molecule has 3 aromatic rings. The summed E-state index contributed by atoms with van der Waals surface area (Å²) in [5.41, 5.74) is 0. The maximum Gasteiger partial charge on any atom is 0.236 e. The molecule has 3 rings (SSSR count). The van der Waals surface area contributed by atoms with E-state index in [-0.39, 0.29) is 0 Å². The first-order chi connectivity index (χ1) is 9.22. The molecule has 1 aromatic heterocycles. The summed E-state index contributed by atoms with van der Waals surface area (Å²) < 4.78 is 7.53. The minimum absolute atomic E-state index is 0.506. The molecule has 0 N–H and O–H groups in total. The molecule has 19 heavy (non-hydrogen) atoms. The van der Waals surface area contributed by atoms with Gasteiger partial charge in [0.25, 0.3) is 0 Å². The van der Waals surface area contributed by atoms with Crippen LogP contribution >= 0.6 is 31.9 Å². The summed E-state index contributed by atoms with van der Waals surface area (Å²) in [7, 11) is 0. The van der Waals surface area contributed by atoms with Crippen molar-refractivity contribution in [1.82, 2.24) is 9.97 Å². The van der Waals surface area contributed by atoms with Gasteiger partial charge in [-0.2, -0.15) is 0 Å². The van der Waals surface area contributed by atoms with Crippen molar-refractivity contribution in [3.05, 3.63) is 57.9 Å². The Balaban J connectivity index is 1.98. The molecule has 94 valence electrons. The van der Waals surface area contributed by atoms with Gasteiger partial charge in [0.2, 0.25) is 5.88 Å². The SMILES string of the molecule is Brc1ccc2cc(Oc3ncncc3Br)ccc2c1. The normalized spacial score (nSPS) is 10.6. The Hall–Kier alpha value is -1.46. The predicted molar refractivity (Wildman–Crippen MR) is 81.5 cm³/mol. The van der Waals surface area contributed by atoms with Crippen molar-refractivity contribution in [2.24, 2.45) is 0 Å². The van der Waals surface area contributed by atoms with Gasteiger partial charge in [-0.3, -0.25) is 0 Å². The number of fused-ring (bicyclic) bond motifs is 1. The molecule has 0 saturated carbocycles. The van der Waals surface area contributed by atoms with Crippen LogP contribution in [0.5, 0.6) is 11.6 Å². The highest BCUT2D eigenvalue weighted by molar-refractivity contribution is 9.10. The molecule has 0 radical (unpaired) electrons. The fourth-order valence-corrected chi connectivity index (χ4v) is 2.43. The van der Waals surface area contributed by atoms with E-state index in [1.807, 2.05) is 30.3 Å². The van der Waals surface area contributed by atoms with Gasteiger partial charge in [-0.05, 0) is 51.0 Å².